The van der Waals surface area contributed by atoms with Crippen molar-refractivity contribution in [1.82, 2.24) is 10.3 Å². The number of carbonyl (C=O) groups excluding carboxylic acids is 1. The van der Waals surface area contributed by atoms with Gasteiger partial charge in [-0.25, -0.2) is 4.98 Å². The van der Waals surface area contributed by atoms with E-state index in [0.717, 1.165) is 11.4 Å². The summed E-state index contributed by atoms with van der Waals surface area (Å²) in [7, 11) is 0. The van der Waals surface area contributed by atoms with E-state index in [1.54, 1.807) is 5.38 Å². The summed E-state index contributed by atoms with van der Waals surface area (Å²) in [6, 6.07) is 0. The maximum atomic E-state index is 11.7. The molecule has 0 unspecified atom stereocenters. The summed E-state index contributed by atoms with van der Waals surface area (Å²) in [5.74, 6) is 0.401. The van der Waals surface area contributed by atoms with Gasteiger partial charge in [-0.2, -0.15) is 0 Å². The van der Waals surface area contributed by atoms with Gasteiger partial charge in [0.05, 0.1) is 5.01 Å². The van der Waals surface area contributed by atoms with Gasteiger partial charge in [-0.15, -0.1) is 22.9 Å². The topological polar surface area (TPSA) is 42.0 Å². The Morgan fingerprint density at radius 3 is 2.80 bits per heavy atom. The standard InChI is InChI=1S/C10H15ClN2OS/c1-7-12-8(6-15-7)9(14)13-10(2,3)4-5-11/h6H,4-5H2,1-3H3,(H,13,14). The first-order valence-electron chi connectivity index (χ1n) is 4.75. The molecule has 0 spiro atoms. The molecule has 84 valence electrons. The molecule has 1 amide bonds. The maximum absolute atomic E-state index is 11.7. The molecular formula is C10H15ClN2OS. The molecule has 0 aliphatic heterocycles. The zero-order valence-electron chi connectivity index (χ0n) is 9.13. The van der Waals surface area contributed by atoms with Crippen LogP contribution in [0.25, 0.3) is 0 Å². The zero-order valence-corrected chi connectivity index (χ0v) is 10.7. The molecule has 0 aliphatic rings. The van der Waals surface area contributed by atoms with E-state index in [1.807, 2.05) is 20.8 Å². The number of carbonyl (C=O) groups is 1. The molecule has 1 rings (SSSR count). The van der Waals surface area contributed by atoms with E-state index < -0.39 is 0 Å². The van der Waals surface area contributed by atoms with Crippen LogP contribution in [0.3, 0.4) is 0 Å². The highest BCUT2D eigenvalue weighted by Gasteiger charge is 2.21. The number of halogens is 1. The predicted octanol–water partition coefficient (Wildman–Crippen LogP) is 2.59. The first kappa shape index (κ1) is 12.5. The highest BCUT2D eigenvalue weighted by Crippen LogP contribution is 2.12. The van der Waals surface area contributed by atoms with Crippen molar-refractivity contribution in [1.29, 1.82) is 0 Å². The lowest BCUT2D eigenvalue weighted by atomic mass is 10.0. The Morgan fingerprint density at radius 2 is 2.33 bits per heavy atom. The Morgan fingerprint density at radius 1 is 1.67 bits per heavy atom. The fraction of sp³-hybridized carbons (Fsp3) is 0.600. The van der Waals surface area contributed by atoms with Crippen molar-refractivity contribution in [2.75, 3.05) is 5.88 Å². The molecule has 0 bridgehead atoms. The number of hydrogen-bond donors (Lipinski definition) is 1. The molecule has 0 aliphatic carbocycles. The minimum atomic E-state index is -0.281. The SMILES string of the molecule is Cc1nc(C(=O)NC(C)(C)CCCl)cs1. The van der Waals surface area contributed by atoms with Crippen molar-refractivity contribution in [3.8, 4) is 0 Å². The molecule has 0 fully saturated rings. The van der Waals surface area contributed by atoms with Crippen LogP contribution in [0.15, 0.2) is 5.38 Å². The van der Waals surface area contributed by atoms with Crippen molar-refractivity contribution in [3.05, 3.63) is 16.1 Å². The van der Waals surface area contributed by atoms with E-state index in [1.165, 1.54) is 11.3 Å². The number of hydrogen-bond acceptors (Lipinski definition) is 3. The first-order chi connectivity index (χ1) is 6.94. The number of rotatable bonds is 4. The summed E-state index contributed by atoms with van der Waals surface area (Å²) in [4.78, 5) is 15.9. The van der Waals surface area contributed by atoms with Crippen LogP contribution >= 0.6 is 22.9 Å². The molecule has 0 radical (unpaired) electrons. The Bertz CT molecular complexity index is 349. The third kappa shape index (κ3) is 3.80. The summed E-state index contributed by atoms with van der Waals surface area (Å²) in [6.07, 6.45) is 0.739. The van der Waals surface area contributed by atoms with Gasteiger partial charge in [0.25, 0.3) is 5.91 Å². The third-order valence-corrected chi connectivity index (χ3v) is 2.99. The summed E-state index contributed by atoms with van der Waals surface area (Å²) < 4.78 is 0. The molecule has 5 heteroatoms. The van der Waals surface area contributed by atoms with Crippen LogP contribution in [0.5, 0.6) is 0 Å². The average molecular weight is 247 g/mol. The van der Waals surface area contributed by atoms with Crippen LogP contribution < -0.4 is 5.32 Å². The minimum absolute atomic E-state index is 0.130. The van der Waals surface area contributed by atoms with Crippen molar-refractivity contribution in [2.45, 2.75) is 32.7 Å². The summed E-state index contributed by atoms with van der Waals surface area (Å²) in [5, 5.41) is 5.57. The molecule has 3 nitrogen and oxygen atoms in total. The van der Waals surface area contributed by atoms with Gasteiger partial charge in [0.2, 0.25) is 0 Å². The van der Waals surface area contributed by atoms with Gasteiger partial charge in [-0.1, -0.05) is 0 Å². The van der Waals surface area contributed by atoms with Gasteiger partial charge in [0, 0.05) is 16.8 Å². The third-order valence-electron chi connectivity index (χ3n) is 2.02. The van der Waals surface area contributed by atoms with E-state index >= 15 is 0 Å². The van der Waals surface area contributed by atoms with Crippen LogP contribution in [-0.4, -0.2) is 22.3 Å². The Labute approximate surface area is 98.9 Å². The van der Waals surface area contributed by atoms with Gasteiger partial charge in [-0.3, -0.25) is 4.79 Å². The van der Waals surface area contributed by atoms with Gasteiger partial charge >= 0.3 is 0 Å². The van der Waals surface area contributed by atoms with Crippen molar-refractivity contribution in [2.24, 2.45) is 0 Å². The molecule has 0 saturated carbocycles. The smallest absolute Gasteiger partial charge is 0.271 e. The van der Waals surface area contributed by atoms with Crippen molar-refractivity contribution >= 4 is 28.8 Å². The number of amides is 1. The van der Waals surface area contributed by atoms with Crippen molar-refractivity contribution in [3.63, 3.8) is 0 Å². The fourth-order valence-corrected chi connectivity index (χ4v) is 2.20. The van der Waals surface area contributed by atoms with Crippen LogP contribution in [-0.2, 0) is 0 Å². The Balaban J connectivity index is 2.63. The molecule has 1 aromatic heterocycles. The van der Waals surface area contributed by atoms with Gasteiger partial charge in [0.1, 0.15) is 5.69 Å². The van der Waals surface area contributed by atoms with E-state index in [4.69, 9.17) is 11.6 Å². The molecule has 0 atom stereocenters. The van der Waals surface area contributed by atoms with Crippen LogP contribution in [0, 0.1) is 6.92 Å². The second-order valence-corrected chi connectivity index (χ2v) is 5.47. The number of nitrogens with one attached hydrogen (secondary N) is 1. The van der Waals surface area contributed by atoms with E-state index in [-0.39, 0.29) is 11.4 Å². The second-order valence-electron chi connectivity index (χ2n) is 4.03. The van der Waals surface area contributed by atoms with Crippen LogP contribution in [0.2, 0.25) is 0 Å². The highest BCUT2D eigenvalue weighted by molar-refractivity contribution is 7.09. The number of nitrogens with zero attached hydrogens (tertiary/aromatic N) is 1. The fourth-order valence-electron chi connectivity index (χ4n) is 1.14. The summed E-state index contributed by atoms with van der Waals surface area (Å²) >= 11 is 7.13. The quantitative estimate of drug-likeness (QED) is 0.830. The number of aryl methyl sites for hydroxylation is 1. The van der Waals surface area contributed by atoms with Gasteiger partial charge < -0.3 is 5.32 Å². The number of alkyl halides is 1. The van der Waals surface area contributed by atoms with E-state index in [2.05, 4.69) is 10.3 Å². The Kier molecular flexibility index (Phi) is 4.11. The lowest BCUT2D eigenvalue weighted by molar-refractivity contribution is 0.0907. The van der Waals surface area contributed by atoms with E-state index in [0.29, 0.717) is 11.6 Å². The number of thiazole rings is 1. The monoisotopic (exact) mass is 246 g/mol. The highest BCUT2D eigenvalue weighted by atomic mass is 35.5. The predicted molar refractivity (Wildman–Crippen MR) is 63.7 cm³/mol. The lowest BCUT2D eigenvalue weighted by Crippen LogP contribution is -2.43. The van der Waals surface area contributed by atoms with Gasteiger partial charge in [-0.05, 0) is 27.2 Å². The minimum Gasteiger partial charge on any atom is -0.346 e. The summed E-state index contributed by atoms with van der Waals surface area (Å²) in [6.45, 7) is 5.78. The Hall–Kier alpha value is -0.610. The van der Waals surface area contributed by atoms with Gasteiger partial charge in [0.15, 0.2) is 0 Å². The second kappa shape index (κ2) is 4.94. The molecular weight excluding hydrogens is 232 g/mol. The maximum Gasteiger partial charge on any atom is 0.271 e. The number of aromatic nitrogens is 1. The van der Waals surface area contributed by atoms with Crippen LogP contribution in [0.1, 0.15) is 35.8 Å². The summed E-state index contributed by atoms with van der Waals surface area (Å²) in [5.41, 5.74) is 0.205. The first-order valence-corrected chi connectivity index (χ1v) is 6.16. The van der Waals surface area contributed by atoms with Crippen molar-refractivity contribution < 1.29 is 4.79 Å². The van der Waals surface area contributed by atoms with Crippen LogP contribution in [0.4, 0.5) is 0 Å². The molecule has 1 heterocycles. The normalized spacial score (nSPS) is 11.5. The average Bonchev–Trinajstić information content (AvgIpc) is 2.50. The molecule has 0 aromatic carbocycles. The zero-order chi connectivity index (χ0) is 11.5. The molecule has 1 aromatic rings. The molecule has 15 heavy (non-hydrogen) atoms. The van der Waals surface area contributed by atoms with E-state index in [9.17, 15) is 4.79 Å². The molecule has 1 N–H and O–H groups in total. The molecule has 0 saturated heterocycles. The lowest BCUT2D eigenvalue weighted by Gasteiger charge is -2.24. The largest absolute Gasteiger partial charge is 0.346 e.